The molecule has 0 atom stereocenters. The lowest BCUT2D eigenvalue weighted by molar-refractivity contribution is 0.419. The highest BCUT2D eigenvalue weighted by Crippen LogP contribution is 2.21. The van der Waals surface area contributed by atoms with E-state index < -0.39 is 0 Å². The van der Waals surface area contributed by atoms with Crippen molar-refractivity contribution in [1.29, 1.82) is 0 Å². The summed E-state index contributed by atoms with van der Waals surface area (Å²) in [6.45, 7) is 0.639. The van der Waals surface area contributed by atoms with Crippen LogP contribution >= 0.6 is 11.3 Å². The van der Waals surface area contributed by atoms with Crippen LogP contribution in [0.2, 0.25) is 0 Å². The fourth-order valence-electron chi connectivity index (χ4n) is 1.60. The molecule has 0 aliphatic heterocycles. The van der Waals surface area contributed by atoms with E-state index in [1.54, 1.807) is 16.0 Å². The van der Waals surface area contributed by atoms with Gasteiger partial charge in [-0.3, -0.25) is 4.68 Å². The molecule has 0 aromatic carbocycles. The van der Waals surface area contributed by atoms with Crippen LogP contribution in [0.5, 0.6) is 0 Å². The van der Waals surface area contributed by atoms with Crippen molar-refractivity contribution < 1.29 is 4.39 Å². The first-order chi connectivity index (χ1) is 7.85. The fourth-order valence-corrected chi connectivity index (χ4v) is 2.25. The minimum atomic E-state index is -0.387. The summed E-state index contributed by atoms with van der Waals surface area (Å²) in [7, 11) is 1.87. The molecule has 0 radical (unpaired) electrons. The summed E-state index contributed by atoms with van der Waals surface area (Å²) in [4.78, 5) is 0. The standard InChI is InChI=1S/C11H14FN3S/c1-13-7-10-6-11(9-2-5-16-8-9)14-15(10)4-3-12/h2,5-6,8,13H,3-4,7H2,1H3. The van der Waals surface area contributed by atoms with Crippen molar-refractivity contribution in [1.82, 2.24) is 15.1 Å². The molecule has 2 aromatic heterocycles. The van der Waals surface area contributed by atoms with E-state index in [9.17, 15) is 4.39 Å². The zero-order valence-corrected chi connectivity index (χ0v) is 9.93. The van der Waals surface area contributed by atoms with Gasteiger partial charge in [0.1, 0.15) is 6.67 Å². The van der Waals surface area contributed by atoms with Crippen LogP contribution in [0.25, 0.3) is 11.3 Å². The van der Waals surface area contributed by atoms with Crippen LogP contribution in [0.3, 0.4) is 0 Å². The van der Waals surface area contributed by atoms with Crippen LogP contribution in [0.15, 0.2) is 22.9 Å². The third-order valence-electron chi connectivity index (χ3n) is 2.33. The number of hydrogen-bond acceptors (Lipinski definition) is 3. The Morgan fingerprint density at radius 3 is 3.06 bits per heavy atom. The van der Waals surface area contributed by atoms with E-state index in [0.29, 0.717) is 13.1 Å². The molecule has 2 rings (SSSR count). The smallest absolute Gasteiger partial charge is 0.109 e. The summed E-state index contributed by atoms with van der Waals surface area (Å²) >= 11 is 1.64. The number of rotatable bonds is 5. The van der Waals surface area contributed by atoms with Crippen molar-refractivity contribution in [2.75, 3.05) is 13.7 Å². The molecule has 0 unspecified atom stereocenters. The Balaban J connectivity index is 2.30. The Morgan fingerprint density at radius 2 is 2.44 bits per heavy atom. The van der Waals surface area contributed by atoms with Gasteiger partial charge in [0.05, 0.1) is 17.9 Å². The second-order valence-electron chi connectivity index (χ2n) is 3.48. The number of aryl methyl sites for hydroxylation is 1. The average Bonchev–Trinajstić information content (AvgIpc) is 2.89. The summed E-state index contributed by atoms with van der Waals surface area (Å²) in [6.07, 6.45) is 0. The molecule has 3 nitrogen and oxygen atoms in total. The summed E-state index contributed by atoms with van der Waals surface area (Å²) in [5.41, 5.74) is 3.03. The molecule has 0 spiro atoms. The van der Waals surface area contributed by atoms with Gasteiger partial charge in [-0.25, -0.2) is 4.39 Å². The third-order valence-corrected chi connectivity index (χ3v) is 3.02. The van der Waals surface area contributed by atoms with Gasteiger partial charge in [0, 0.05) is 17.5 Å². The lowest BCUT2D eigenvalue weighted by atomic mass is 10.2. The molecule has 0 bridgehead atoms. The molecule has 86 valence electrons. The Morgan fingerprint density at radius 1 is 1.56 bits per heavy atom. The molecule has 2 heterocycles. The largest absolute Gasteiger partial charge is 0.314 e. The molecule has 2 aromatic rings. The summed E-state index contributed by atoms with van der Waals surface area (Å²) in [5, 5.41) is 11.5. The van der Waals surface area contributed by atoms with Crippen molar-refractivity contribution in [2.45, 2.75) is 13.1 Å². The molecular weight excluding hydrogens is 225 g/mol. The minimum absolute atomic E-state index is 0.321. The van der Waals surface area contributed by atoms with E-state index >= 15 is 0 Å². The summed E-state index contributed by atoms with van der Waals surface area (Å²) in [5.74, 6) is 0. The quantitative estimate of drug-likeness (QED) is 0.867. The van der Waals surface area contributed by atoms with Crippen LogP contribution in [0.1, 0.15) is 5.69 Å². The van der Waals surface area contributed by atoms with Gasteiger partial charge < -0.3 is 5.32 Å². The maximum atomic E-state index is 12.4. The van der Waals surface area contributed by atoms with Crippen molar-refractivity contribution in [3.8, 4) is 11.3 Å². The van der Waals surface area contributed by atoms with Gasteiger partial charge in [0.15, 0.2) is 0 Å². The van der Waals surface area contributed by atoms with E-state index in [4.69, 9.17) is 0 Å². The molecule has 0 fully saturated rings. The van der Waals surface area contributed by atoms with Gasteiger partial charge >= 0.3 is 0 Å². The Hall–Kier alpha value is -1.20. The highest BCUT2D eigenvalue weighted by atomic mass is 32.1. The van der Waals surface area contributed by atoms with Gasteiger partial charge in [-0.2, -0.15) is 16.4 Å². The van der Waals surface area contributed by atoms with Crippen molar-refractivity contribution >= 4 is 11.3 Å². The van der Waals surface area contributed by atoms with E-state index in [1.165, 1.54) is 0 Å². The molecule has 0 aliphatic carbocycles. The Labute approximate surface area is 97.9 Å². The summed E-state index contributed by atoms with van der Waals surface area (Å²) < 4.78 is 14.1. The van der Waals surface area contributed by atoms with Crippen molar-refractivity contribution in [2.24, 2.45) is 0 Å². The predicted octanol–water partition coefficient (Wildman–Crippen LogP) is 2.30. The van der Waals surface area contributed by atoms with Gasteiger partial charge in [-0.05, 0) is 24.6 Å². The average molecular weight is 239 g/mol. The SMILES string of the molecule is CNCc1cc(-c2ccsc2)nn1CCF. The Kier molecular flexibility index (Phi) is 3.69. The van der Waals surface area contributed by atoms with E-state index in [1.807, 2.05) is 29.9 Å². The fraction of sp³-hybridized carbons (Fsp3) is 0.364. The predicted molar refractivity (Wildman–Crippen MR) is 64.3 cm³/mol. The van der Waals surface area contributed by atoms with Gasteiger partial charge in [0.25, 0.3) is 0 Å². The molecule has 0 saturated heterocycles. The highest BCUT2D eigenvalue weighted by Gasteiger charge is 2.08. The molecule has 5 heteroatoms. The van der Waals surface area contributed by atoms with E-state index in [0.717, 1.165) is 17.0 Å². The number of alkyl halides is 1. The van der Waals surface area contributed by atoms with Crippen LogP contribution in [0.4, 0.5) is 4.39 Å². The van der Waals surface area contributed by atoms with E-state index in [2.05, 4.69) is 10.4 Å². The number of halogens is 1. The van der Waals surface area contributed by atoms with Gasteiger partial charge in [0.2, 0.25) is 0 Å². The number of thiophene rings is 1. The van der Waals surface area contributed by atoms with Gasteiger partial charge in [-0.1, -0.05) is 0 Å². The Bertz CT molecular complexity index is 413. The van der Waals surface area contributed by atoms with Crippen molar-refractivity contribution in [3.63, 3.8) is 0 Å². The molecule has 0 amide bonds. The molecule has 1 N–H and O–H groups in total. The maximum absolute atomic E-state index is 12.4. The second-order valence-corrected chi connectivity index (χ2v) is 4.26. The number of hydrogen-bond donors (Lipinski definition) is 1. The van der Waals surface area contributed by atoms with Crippen molar-refractivity contribution in [3.05, 3.63) is 28.6 Å². The zero-order valence-electron chi connectivity index (χ0n) is 9.11. The van der Waals surface area contributed by atoms with Crippen LogP contribution in [-0.4, -0.2) is 23.5 Å². The first-order valence-electron chi connectivity index (χ1n) is 5.15. The second kappa shape index (κ2) is 5.23. The highest BCUT2D eigenvalue weighted by molar-refractivity contribution is 7.08. The zero-order chi connectivity index (χ0) is 11.4. The normalized spacial score (nSPS) is 10.9. The molecule has 16 heavy (non-hydrogen) atoms. The monoisotopic (exact) mass is 239 g/mol. The summed E-state index contributed by atoms with van der Waals surface area (Å²) in [6, 6.07) is 4.03. The first-order valence-corrected chi connectivity index (χ1v) is 6.09. The lowest BCUT2D eigenvalue weighted by Crippen LogP contribution is -2.13. The topological polar surface area (TPSA) is 29.9 Å². The third kappa shape index (κ3) is 2.31. The first kappa shape index (κ1) is 11.3. The van der Waals surface area contributed by atoms with Crippen LogP contribution in [0, 0.1) is 0 Å². The minimum Gasteiger partial charge on any atom is -0.314 e. The number of nitrogens with zero attached hydrogens (tertiary/aromatic N) is 2. The maximum Gasteiger partial charge on any atom is 0.109 e. The van der Waals surface area contributed by atoms with Crippen LogP contribution in [-0.2, 0) is 13.1 Å². The molecular formula is C11H14FN3S. The lowest BCUT2D eigenvalue weighted by Gasteiger charge is -2.03. The molecule has 0 aliphatic rings. The molecule has 0 saturated carbocycles. The van der Waals surface area contributed by atoms with E-state index in [-0.39, 0.29) is 6.67 Å². The van der Waals surface area contributed by atoms with Gasteiger partial charge in [-0.15, -0.1) is 0 Å². The number of aromatic nitrogens is 2. The van der Waals surface area contributed by atoms with Crippen LogP contribution < -0.4 is 5.32 Å². The number of nitrogens with one attached hydrogen (secondary N) is 1.